The number of nitrogens with one attached hydrogen (secondary N) is 2. The van der Waals surface area contributed by atoms with Gasteiger partial charge in [-0.1, -0.05) is 18.2 Å². The third-order valence-electron chi connectivity index (χ3n) is 4.52. The van der Waals surface area contributed by atoms with Crippen molar-refractivity contribution in [3.05, 3.63) is 64.7 Å². The van der Waals surface area contributed by atoms with E-state index in [0.29, 0.717) is 37.7 Å². The van der Waals surface area contributed by atoms with Crippen molar-refractivity contribution in [2.75, 3.05) is 36.5 Å². The molecule has 1 aliphatic heterocycles. The first-order chi connectivity index (χ1) is 14.1. The molecule has 0 saturated carbocycles. The number of anilines is 2. The molecule has 1 aromatic carbocycles. The Morgan fingerprint density at radius 2 is 1.90 bits per heavy atom. The number of nitrogens with zero attached hydrogens (tertiary/aromatic N) is 3. The molecule has 0 bridgehead atoms. The monoisotopic (exact) mass is 393 g/mol. The van der Waals surface area contributed by atoms with Gasteiger partial charge >= 0.3 is 0 Å². The Bertz CT molecular complexity index is 1080. The number of rotatable bonds is 4. The highest BCUT2D eigenvalue weighted by atomic mass is 16.5. The number of hydrogen-bond donors (Lipinski definition) is 3. The summed E-state index contributed by atoms with van der Waals surface area (Å²) in [5, 5.41) is 12.9. The molecule has 0 aliphatic carbocycles. The first-order valence-corrected chi connectivity index (χ1v) is 9.11. The SMILES string of the molecule is O=C(Nc1ccccc1N1CCOCC1)c1nc(-c2ccccn2)[nH]c(=O)c1O. The van der Waals surface area contributed by atoms with Crippen molar-refractivity contribution < 1.29 is 14.6 Å². The zero-order valence-corrected chi connectivity index (χ0v) is 15.5. The Balaban J connectivity index is 1.66. The molecule has 0 unspecified atom stereocenters. The van der Waals surface area contributed by atoms with Crippen LogP contribution in [-0.2, 0) is 4.74 Å². The average molecular weight is 393 g/mol. The zero-order valence-electron chi connectivity index (χ0n) is 15.5. The standard InChI is InChI=1S/C20H19N5O4/c26-17-16(23-18(24-20(17)28)14-6-3-4-8-21-14)19(27)22-13-5-1-2-7-15(13)25-9-11-29-12-10-25/h1-8,26H,9-12H2,(H,22,27)(H,23,24,28). The molecule has 3 N–H and O–H groups in total. The van der Waals surface area contributed by atoms with Gasteiger partial charge in [0.15, 0.2) is 11.5 Å². The molecule has 29 heavy (non-hydrogen) atoms. The highest BCUT2D eigenvalue weighted by Crippen LogP contribution is 2.27. The van der Waals surface area contributed by atoms with Crippen LogP contribution in [0, 0.1) is 0 Å². The normalized spacial score (nSPS) is 13.9. The fourth-order valence-electron chi connectivity index (χ4n) is 3.09. The summed E-state index contributed by atoms with van der Waals surface area (Å²) in [6.45, 7) is 2.61. The number of amides is 1. The molecular weight excluding hydrogens is 374 g/mol. The first kappa shape index (κ1) is 18.6. The Kier molecular flexibility index (Phi) is 5.21. The maximum absolute atomic E-state index is 12.9. The number of para-hydroxylation sites is 2. The van der Waals surface area contributed by atoms with Crippen molar-refractivity contribution in [2.24, 2.45) is 0 Å². The molecule has 1 amide bonds. The van der Waals surface area contributed by atoms with Gasteiger partial charge in [0.1, 0.15) is 5.69 Å². The number of morpholine rings is 1. The molecule has 1 aliphatic rings. The molecule has 9 nitrogen and oxygen atoms in total. The average Bonchev–Trinajstić information content (AvgIpc) is 2.77. The predicted molar refractivity (Wildman–Crippen MR) is 107 cm³/mol. The third-order valence-corrected chi connectivity index (χ3v) is 4.52. The summed E-state index contributed by atoms with van der Waals surface area (Å²) in [6.07, 6.45) is 1.54. The number of hydrogen-bond acceptors (Lipinski definition) is 7. The third kappa shape index (κ3) is 3.94. The lowest BCUT2D eigenvalue weighted by Gasteiger charge is -2.30. The van der Waals surface area contributed by atoms with Gasteiger partial charge in [0.05, 0.1) is 24.6 Å². The summed E-state index contributed by atoms with van der Waals surface area (Å²) < 4.78 is 5.38. The lowest BCUT2D eigenvalue weighted by molar-refractivity contribution is 0.101. The lowest BCUT2D eigenvalue weighted by atomic mass is 10.2. The Morgan fingerprint density at radius 3 is 2.66 bits per heavy atom. The highest BCUT2D eigenvalue weighted by Gasteiger charge is 2.21. The van der Waals surface area contributed by atoms with Gasteiger partial charge < -0.3 is 25.0 Å². The fraction of sp³-hybridized carbons (Fsp3) is 0.200. The maximum Gasteiger partial charge on any atom is 0.294 e. The molecule has 2 aromatic heterocycles. The summed E-state index contributed by atoms with van der Waals surface area (Å²) in [6, 6.07) is 12.4. The van der Waals surface area contributed by atoms with Crippen LogP contribution in [0.4, 0.5) is 11.4 Å². The molecule has 148 valence electrons. The summed E-state index contributed by atoms with van der Waals surface area (Å²) >= 11 is 0. The molecule has 9 heteroatoms. The largest absolute Gasteiger partial charge is 0.501 e. The lowest BCUT2D eigenvalue weighted by Crippen LogP contribution is -2.36. The van der Waals surface area contributed by atoms with E-state index in [1.165, 1.54) is 0 Å². The first-order valence-electron chi connectivity index (χ1n) is 9.11. The molecule has 1 fully saturated rings. The smallest absolute Gasteiger partial charge is 0.294 e. The van der Waals surface area contributed by atoms with E-state index in [1.807, 2.05) is 12.1 Å². The van der Waals surface area contributed by atoms with Crippen LogP contribution in [0.1, 0.15) is 10.5 Å². The van der Waals surface area contributed by atoms with Crippen molar-refractivity contribution in [1.29, 1.82) is 0 Å². The minimum atomic E-state index is -0.813. The van der Waals surface area contributed by atoms with Crippen LogP contribution in [0.2, 0.25) is 0 Å². The summed E-state index contributed by atoms with van der Waals surface area (Å²) in [5.41, 5.74) is 0.588. The Hall–Kier alpha value is -3.72. The summed E-state index contributed by atoms with van der Waals surface area (Å²) in [4.78, 5) is 37.8. The second-order valence-electron chi connectivity index (χ2n) is 6.40. The number of carbonyl (C=O) groups is 1. The number of ether oxygens (including phenoxy) is 1. The van der Waals surface area contributed by atoms with Gasteiger partial charge in [-0.15, -0.1) is 0 Å². The number of aromatic hydroxyl groups is 1. The molecule has 0 spiro atoms. The maximum atomic E-state index is 12.9. The number of carbonyl (C=O) groups excluding carboxylic acids is 1. The van der Waals surface area contributed by atoms with E-state index < -0.39 is 17.2 Å². The van der Waals surface area contributed by atoms with Crippen molar-refractivity contribution >= 4 is 17.3 Å². The van der Waals surface area contributed by atoms with Crippen LogP contribution < -0.4 is 15.8 Å². The van der Waals surface area contributed by atoms with E-state index >= 15 is 0 Å². The summed E-state index contributed by atoms with van der Waals surface area (Å²) in [5.74, 6) is -1.34. The predicted octanol–water partition coefficient (Wildman–Crippen LogP) is 1.63. The quantitative estimate of drug-likeness (QED) is 0.616. The molecule has 3 aromatic rings. The minimum Gasteiger partial charge on any atom is -0.501 e. The van der Waals surface area contributed by atoms with Crippen LogP contribution in [0.15, 0.2) is 53.5 Å². The van der Waals surface area contributed by atoms with E-state index in [1.54, 1.807) is 36.5 Å². The molecule has 1 saturated heterocycles. The van der Waals surface area contributed by atoms with Crippen LogP contribution in [-0.4, -0.2) is 52.3 Å². The molecular formula is C20H19N5O4. The van der Waals surface area contributed by atoms with Gasteiger partial charge in [0, 0.05) is 19.3 Å². The molecule has 4 rings (SSSR count). The van der Waals surface area contributed by atoms with Crippen LogP contribution in [0.5, 0.6) is 5.75 Å². The van der Waals surface area contributed by atoms with Gasteiger partial charge in [0.25, 0.3) is 11.5 Å². The van der Waals surface area contributed by atoms with Crippen molar-refractivity contribution in [3.63, 3.8) is 0 Å². The van der Waals surface area contributed by atoms with E-state index in [-0.39, 0.29) is 11.5 Å². The van der Waals surface area contributed by atoms with Crippen LogP contribution in [0.25, 0.3) is 11.5 Å². The zero-order chi connectivity index (χ0) is 20.2. The van der Waals surface area contributed by atoms with Crippen molar-refractivity contribution in [1.82, 2.24) is 15.0 Å². The fourth-order valence-corrected chi connectivity index (χ4v) is 3.09. The van der Waals surface area contributed by atoms with Crippen LogP contribution in [0.3, 0.4) is 0 Å². The number of aromatic nitrogens is 3. The number of pyridine rings is 1. The van der Waals surface area contributed by atoms with Gasteiger partial charge in [-0.2, -0.15) is 0 Å². The molecule has 3 heterocycles. The van der Waals surface area contributed by atoms with Crippen molar-refractivity contribution in [3.8, 4) is 17.3 Å². The second kappa shape index (κ2) is 8.11. The van der Waals surface area contributed by atoms with Gasteiger partial charge in [-0.3, -0.25) is 14.6 Å². The molecule has 0 radical (unpaired) electrons. The van der Waals surface area contributed by atoms with Crippen molar-refractivity contribution in [2.45, 2.75) is 0 Å². The molecule has 0 atom stereocenters. The van der Waals surface area contributed by atoms with Gasteiger partial charge in [0.2, 0.25) is 5.75 Å². The minimum absolute atomic E-state index is 0.0972. The van der Waals surface area contributed by atoms with Gasteiger partial charge in [-0.25, -0.2) is 4.98 Å². The van der Waals surface area contributed by atoms with Crippen LogP contribution >= 0.6 is 0 Å². The number of aromatic amines is 1. The number of benzene rings is 1. The summed E-state index contributed by atoms with van der Waals surface area (Å²) in [7, 11) is 0. The van der Waals surface area contributed by atoms with E-state index in [9.17, 15) is 14.7 Å². The number of H-pyrrole nitrogens is 1. The Morgan fingerprint density at radius 1 is 1.14 bits per heavy atom. The van der Waals surface area contributed by atoms with E-state index in [4.69, 9.17) is 4.74 Å². The van der Waals surface area contributed by atoms with E-state index in [0.717, 1.165) is 5.69 Å². The second-order valence-corrected chi connectivity index (χ2v) is 6.40. The highest BCUT2D eigenvalue weighted by molar-refractivity contribution is 6.06. The Labute approximate surface area is 166 Å². The topological polar surface area (TPSA) is 120 Å². The van der Waals surface area contributed by atoms with Gasteiger partial charge in [-0.05, 0) is 24.3 Å². The van der Waals surface area contributed by atoms with E-state index in [2.05, 4.69) is 25.2 Å².